The molecular weight excluding hydrogens is 212 g/mol. The fourth-order valence-corrected chi connectivity index (χ4v) is 2.60. The Bertz CT molecular complexity index is 403. The number of nitrogens with two attached hydrogens (primary N) is 1. The number of hydrogen-bond donors (Lipinski definition) is 1. The molecule has 0 saturated carbocycles. The fraction of sp³-hybridized carbons (Fsp3) is 0.571. The summed E-state index contributed by atoms with van der Waals surface area (Å²) >= 11 is 0. The third-order valence-corrected chi connectivity index (χ3v) is 3.69. The van der Waals surface area contributed by atoms with Crippen LogP contribution in [0, 0.1) is 0 Å². The highest BCUT2D eigenvalue weighted by Gasteiger charge is 2.21. The van der Waals surface area contributed by atoms with Gasteiger partial charge in [-0.3, -0.25) is 0 Å². The standard InChI is InChI=1S/C14H22N2O/c1-10(9-15)11-6-7-13-12(14(11)17-3)5-4-8-16(13)2/h6-7,10H,4-5,8-9,15H2,1-3H3. The summed E-state index contributed by atoms with van der Waals surface area (Å²) in [5, 5.41) is 0. The van der Waals surface area contributed by atoms with Crippen molar-refractivity contribution < 1.29 is 4.74 Å². The second-order valence-electron chi connectivity index (χ2n) is 4.85. The fourth-order valence-electron chi connectivity index (χ4n) is 2.60. The van der Waals surface area contributed by atoms with Crippen LogP contribution in [0.25, 0.3) is 0 Å². The minimum Gasteiger partial charge on any atom is -0.496 e. The Morgan fingerprint density at radius 3 is 2.88 bits per heavy atom. The molecule has 2 rings (SSSR count). The number of methoxy groups -OCH3 is 1. The second-order valence-corrected chi connectivity index (χ2v) is 4.85. The lowest BCUT2D eigenvalue weighted by atomic mass is 9.92. The lowest BCUT2D eigenvalue weighted by Gasteiger charge is -2.30. The molecule has 0 saturated heterocycles. The van der Waals surface area contributed by atoms with Gasteiger partial charge in [-0.2, -0.15) is 0 Å². The molecule has 1 heterocycles. The van der Waals surface area contributed by atoms with Crippen LogP contribution in [0.1, 0.15) is 30.4 Å². The van der Waals surface area contributed by atoms with E-state index in [1.165, 1.54) is 23.2 Å². The quantitative estimate of drug-likeness (QED) is 0.871. The summed E-state index contributed by atoms with van der Waals surface area (Å²) in [6.45, 7) is 3.93. The average molecular weight is 234 g/mol. The van der Waals surface area contributed by atoms with E-state index >= 15 is 0 Å². The zero-order chi connectivity index (χ0) is 12.4. The van der Waals surface area contributed by atoms with Gasteiger partial charge in [0.25, 0.3) is 0 Å². The predicted octanol–water partition coefficient (Wildman–Crippen LogP) is 2.14. The molecule has 1 aliphatic heterocycles. The highest BCUT2D eigenvalue weighted by Crippen LogP contribution is 2.38. The summed E-state index contributed by atoms with van der Waals surface area (Å²) in [5.74, 6) is 1.40. The smallest absolute Gasteiger partial charge is 0.127 e. The predicted molar refractivity (Wildman–Crippen MR) is 72.1 cm³/mol. The largest absolute Gasteiger partial charge is 0.496 e. The van der Waals surface area contributed by atoms with Crippen molar-refractivity contribution in [2.24, 2.45) is 5.73 Å². The van der Waals surface area contributed by atoms with Crippen LogP contribution in [0.2, 0.25) is 0 Å². The molecule has 17 heavy (non-hydrogen) atoms. The van der Waals surface area contributed by atoms with Gasteiger partial charge in [0.1, 0.15) is 5.75 Å². The molecule has 0 fully saturated rings. The topological polar surface area (TPSA) is 38.5 Å². The molecule has 1 unspecified atom stereocenters. The van der Waals surface area contributed by atoms with E-state index in [1.54, 1.807) is 7.11 Å². The maximum Gasteiger partial charge on any atom is 0.127 e. The Hall–Kier alpha value is -1.22. The zero-order valence-corrected chi connectivity index (χ0v) is 11.0. The van der Waals surface area contributed by atoms with Gasteiger partial charge in [0, 0.05) is 24.8 Å². The van der Waals surface area contributed by atoms with Crippen molar-refractivity contribution >= 4 is 5.69 Å². The van der Waals surface area contributed by atoms with Crippen LogP contribution in [0.15, 0.2) is 12.1 Å². The van der Waals surface area contributed by atoms with Gasteiger partial charge < -0.3 is 15.4 Å². The van der Waals surface area contributed by atoms with Crippen LogP contribution in [0.3, 0.4) is 0 Å². The van der Waals surface area contributed by atoms with E-state index in [9.17, 15) is 0 Å². The van der Waals surface area contributed by atoms with E-state index in [0.29, 0.717) is 12.5 Å². The molecule has 1 atom stereocenters. The third-order valence-electron chi connectivity index (χ3n) is 3.69. The number of fused-ring (bicyclic) bond motifs is 1. The molecule has 0 spiro atoms. The van der Waals surface area contributed by atoms with E-state index < -0.39 is 0 Å². The molecule has 0 amide bonds. The molecule has 1 aromatic carbocycles. The van der Waals surface area contributed by atoms with Gasteiger partial charge in [-0.25, -0.2) is 0 Å². The minimum atomic E-state index is 0.350. The first kappa shape index (κ1) is 12.2. The van der Waals surface area contributed by atoms with Crippen LogP contribution in [-0.4, -0.2) is 27.2 Å². The molecule has 1 aliphatic rings. The summed E-state index contributed by atoms with van der Waals surface area (Å²) in [6.07, 6.45) is 2.30. The Labute approximate surface area is 104 Å². The summed E-state index contributed by atoms with van der Waals surface area (Å²) in [6, 6.07) is 4.37. The van der Waals surface area contributed by atoms with Crippen molar-refractivity contribution in [3.63, 3.8) is 0 Å². The Morgan fingerprint density at radius 1 is 1.47 bits per heavy atom. The molecule has 3 nitrogen and oxygen atoms in total. The van der Waals surface area contributed by atoms with Crippen LogP contribution >= 0.6 is 0 Å². The van der Waals surface area contributed by atoms with E-state index in [1.807, 2.05) is 0 Å². The summed E-state index contributed by atoms with van der Waals surface area (Å²) in [5.41, 5.74) is 9.66. The number of anilines is 1. The van der Waals surface area contributed by atoms with Crippen LogP contribution in [-0.2, 0) is 6.42 Å². The number of ether oxygens (including phenoxy) is 1. The zero-order valence-electron chi connectivity index (χ0n) is 11.0. The maximum atomic E-state index is 5.77. The molecule has 1 aromatic rings. The molecular formula is C14H22N2O. The monoisotopic (exact) mass is 234 g/mol. The number of rotatable bonds is 3. The number of benzene rings is 1. The van der Waals surface area contributed by atoms with Crippen molar-refractivity contribution in [3.8, 4) is 5.75 Å². The van der Waals surface area contributed by atoms with Crippen molar-refractivity contribution in [2.75, 3.05) is 32.1 Å². The Morgan fingerprint density at radius 2 is 2.24 bits per heavy atom. The summed E-state index contributed by atoms with van der Waals surface area (Å²) in [7, 11) is 3.90. The normalized spacial score (nSPS) is 16.6. The Kier molecular flexibility index (Phi) is 3.57. The highest BCUT2D eigenvalue weighted by molar-refractivity contribution is 5.63. The van der Waals surface area contributed by atoms with Crippen LogP contribution < -0.4 is 15.4 Å². The molecule has 2 N–H and O–H groups in total. The first-order valence-electron chi connectivity index (χ1n) is 6.30. The Balaban J connectivity index is 2.51. The number of hydrogen-bond acceptors (Lipinski definition) is 3. The van der Waals surface area contributed by atoms with Gasteiger partial charge in [-0.1, -0.05) is 13.0 Å². The van der Waals surface area contributed by atoms with E-state index in [-0.39, 0.29) is 0 Å². The highest BCUT2D eigenvalue weighted by atomic mass is 16.5. The molecule has 0 radical (unpaired) electrons. The maximum absolute atomic E-state index is 5.77. The number of nitrogens with zero attached hydrogens (tertiary/aromatic N) is 1. The first-order chi connectivity index (χ1) is 8.19. The van der Waals surface area contributed by atoms with Crippen molar-refractivity contribution in [2.45, 2.75) is 25.7 Å². The molecule has 3 heteroatoms. The average Bonchev–Trinajstić information content (AvgIpc) is 2.37. The van der Waals surface area contributed by atoms with Crippen molar-refractivity contribution in [3.05, 3.63) is 23.3 Å². The molecule has 0 bridgehead atoms. The van der Waals surface area contributed by atoms with Crippen molar-refractivity contribution in [1.29, 1.82) is 0 Å². The molecule has 0 aromatic heterocycles. The van der Waals surface area contributed by atoms with Gasteiger partial charge in [0.15, 0.2) is 0 Å². The first-order valence-corrected chi connectivity index (χ1v) is 6.30. The van der Waals surface area contributed by atoms with E-state index in [0.717, 1.165) is 18.7 Å². The second kappa shape index (κ2) is 4.96. The molecule has 0 aliphatic carbocycles. The third kappa shape index (κ3) is 2.12. The van der Waals surface area contributed by atoms with Gasteiger partial charge >= 0.3 is 0 Å². The SMILES string of the molecule is COc1c(C(C)CN)ccc2c1CCCN2C. The van der Waals surface area contributed by atoms with Gasteiger partial charge in [-0.05, 0) is 36.9 Å². The van der Waals surface area contributed by atoms with Crippen LogP contribution in [0.5, 0.6) is 5.75 Å². The van der Waals surface area contributed by atoms with Gasteiger partial charge in [0.2, 0.25) is 0 Å². The van der Waals surface area contributed by atoms with E-state index in [4.69, 9.17) is 10.5 Å². The lowest BCUT2D eigenvalue weighted by Crippen LogP contribution is -2.25. The summed E-state index contributed by atoms with van der Waals surface area (Å²) < 4.78 is 5.63. The summed E-state index contributed by atoms with van der Waals surface area (Å²) in [4.78, 5) is 2.30. The molecule has 94 valence electrons. The lowest BCUT2D eigenvalue weighted by molar-refractivity contribution is 0.400. The van der Waals surface area contributed by atoms with Gasteiger partial charge in [0.05, 0.1) is 7.11 Å². The van der Waals surface area contributed by atoms with Gasteiger partial charge in [-0.15, -0.1) is 0 Å². The minimum absolute atomic E-state index is 0.350. The van der Waals surface area contributed by atoms with Crippen molar-refractivity contribution in [1.82, 2.24) is 0 Å². The van der Waals surface area contributed by atoms with E-state index in [2.05, 4.69) is 31.0 Å². The van der Waals surface area contributed by atoms with Crippen LogP contribution in [0.4, 0.5) is 5.69 Å².